The third-order valence-corrected chi connectivity index (χ3v) is 4.50. The Bertz CT molecular complexity index is 585. The van der Waals surface area contributed by atoms with Crippen LogP contribution < -0.4 is 4.90 Å². The number of nitrogens with zero attached hydrogens (tertiary/aromatic N) is 2. The summed E-state index contributed by atoms with van der Waals surface area (Å²) in [6.07, 6.45) is 0. The summed E-state index contributed by atoms with van der Waals surface area (Å²) in [6, 6.07) is 13.8. The molecule has 3 nitrogen and oxygen atoms in total. The van der Waals surface area contributed by atoms with Gasteiger partial charge in [0.2, 0.25) is 5.91 Å². The maximum atomic E-state index is 12.4. The van der Waals surface area contributed by atoms with Gasteiger partial charge in [0, 0.05) is 24.2 Å². The molecule has 0 saturated heterocycles. The van der Waals surface area contributed by atoms with Gasteiger partial charge in [-0.15, -0.1) is 11.3 Å². The van der Waals surface area contributed by atoms with E-state index in [2.05, 4.69) is 0 Å². The predicted octanol–water partition coefficient (Wildman–Crippen LogP) is 3.89. The lowest BCUT2D eigenvalue weighted by atomic mass is 10.3. The van der Waals surface area contributed by atoms with Gasteiger partial charge in [0.05, 0.1) is 17.4 Å². The monoisotopic (exact) mass is 322 g/mol. The Balaban J connectivity index is 1.97. The van der Waals surface area contributed by atoms with Gasteiger partial charge >= 0.3 is 0 Å². The van der Waals surface area contributed by atoms with Crippen LogP contribution in [0, 0.1) is 0 Å². The molecular weight excluding hydrogens is 304 g/mol. The summed E-state index contributed by atoms with van der Waals surface area (Å²) in [6.45, 7) is 3.68. The van der Waals surface area contributed by atoms with Gasteiger partial charge in [0.1, 0.15) is 0 Å². The van der Waals surface area contributed by atoms with Crippen molar-refractivity contribution in [2.45, 2.75) is 13.5 Å². The molecule has 0 unspecified atom stereocenters. The molecule has 0 aliphatic heterocycles. The van der Waals surface area contributed by atoms with E-state index < -0.39 is 0 Å². The Morgan fingerprint density at radius 3 is 2.48 bits per heavy atom. The number of thiophene rings is 1. The van der Waals surface area contributed by atoms with Crippen LogP contribution >= 0.6 is 22.9 Å². The topological polar surface area (TPSA) is 23.6 Å². The zero-order chi connectivity index (χ0) is 15.2. The first-order valence-corrected chi connectivity index (χ1v) is 8.07. The highest BCUT2D eigenvalue weighted by Crippen LogP contribution is 2.22. The van der Waals surface area contributed by atoms with Gasteiger partial charge in [0.15, 0.2) is 0 Å². The average molecular weight is 323 g/mol. The van der Waals surface area contributed by atoms with Crippen molar-refractivity contribution in [2.24, 2.45) is 0 Å². The number of carbonyl (C=O) groups is 1. The van der Waals surface area contributed by atoms with Crippen LogP contribution in [0.1, 0.15) is 11.8 Å². The number of likely N-dealkylation sites (N-methyl/N-ethyl adjacent to an activating group) is 2. The quantitative estimate of drug-likeness (QED) is 0.805. The molecule has 0 bridgehead atoms. The largest absolute Gasteiger partial charge is 0.365 e. The van der Waals surface area contributed by atoms with Crippen molar-refractivity contribution in [2.75, 3.05) is 25.0 Å². The summed E-state index contributed by atoms with van der Waals surface area (Å²) in [5.74, 6) is 0.119. The molecule has 112 valence electrons. The Morgan fingerprint density at radius 1 is 1.19 bits per heavy atom. The van der Waals surface area contributed by atoms with Crippen LogP contribution in [-0.4, -0.2) is 30.9 Å². The first-order chi connectivity index (χ1) is 10.1. The second-order valence-corrected chi connectivity index (χ2v) is 6.60. The number of benzene rings is 1. The predicted molar refractivity (Wildman–Crippen MR) is 90.1 cm³/mol. The van der Waals surface area contributed by atoms with E-state index in [1.165, 1.54) is 11.3 Å². The molecule has 0 fully saturated rings. The molecule has 2 rings (SSSR count). The van der Waals surface area contributed by atoms with E-state index >= 15 is 0 Å². The molecule has 1 aromatic carbocycles. The lowest BCUT2D eigenvalue weighted by Gasteiger charge is -2.25. The first kappa shape index (κ1) is 15.9. The molecule has 0 aliphatic carbocycles. The number of para-hydroxylation sites is 1. The number of carbonyl (C=O) groups excluding carboxylic acids is 1. The fourth-order valence-corrected chi connectivity index (χ4v) is 3.18. The number of hydrogen-bond acceptors (Lipinski definition) is 3. The molecule has 0 N–H and O–H groups in total. The van der Waals surface area contributed by atoms with E-state index in [0.717, 1.165) is 14.9 Å². The smallest absolute Gasteiger partial charge is 0.242 e. The molecule has 0 saturated carbocycles. The molecule has 0 spiro atoms. The maximum absolute atomic E-state index is 12.4. The molecule has 21 heavy (non-hydrogen) atoms. The number of rotatable bonds is 6. The summed E-state index contributed by atoms with van der Waals surface area (Å²) >= 11 is 7.46. The van der Waals surface area contributed by atoms with Gasteiger partial charge in [-0.1, -0.05) is 29.8 Å². The van der Waals surface area contributed by atoms with Gasteiger partial charge < -0.3 is 9.80 Å². The van der Waals surface area contributed by atoms with Crippen LogP contribution in [0.5, 0.6) is 0 Å². The van der Waals surface area contributed by atoms with Gasteiger partial charge in [-0.25, -0.2) is 0 Å². The van der Waals surface area contributed by atoms with Crippen molar-refractivity contribution >= 4 is 34.5 Å². The summed E-state index contributed by atoms with van der Waals surface area (Å²) < 4.78 is 0.759. The van der Waals surface area contributed by atoms with Gasteiger partial charge in [-0.2, -0.15) is 0 Å². The molecule has 0 radical (unpaired) electrons. The maximum Gasteiger partial charge on any atom is 0.242 e. The van der Waals surface area contributed by atoms with Crippen LogP contribution in [-0.2, 0) is 11.3 Å². The molecule has 5 heteroatoms. The zero-order valence-electron chi connectivity index (χ0n) is 12.3. The third-order valence-electron chi connectivity index (χ3n) is 3.28. The summed E-state index contributed by atoms with van der Waals surface area (Å²) in [5, 5.41) is 0. The Morgan fingerprint density at radius 2 is 1.90 bits per heavy atom. The standard InChI is InChI=1S/C16H19ClN2OS/c1-3-19(11-14-9-10-15(17)21-14)16(20)12-18(2)13-7-5-4-6-8-13/h4-10H,3,11-12H2,1-2H3. The van der Waals surface area contributed by atoms with Crippen molar-refractivity contribution in [3.05, 3.63) is 51.7 Å². The number of hydrogen-bond donors (Lipinski definition) is 0. The minimum Gasteiger partial charge on any atom is -0.365 e. The van der Waals surface area contributed by atoms with Crippen LogP contribution in [0.2, 0.25) is 4.34 Å². The molecule has 0 aliphatic rings. The summed E-state index contributed by atoms with van der Waals surface area (Å²) in [4.78, 5) is 17.3. The van der Waals surface area contributed by atoms with E-state index in [0.29, 0.717) is 19.6 Å². The van der Waals surface area contributed by atoms with Crippen molar-refractivity contribution in [1.29, 1.82) is 0 Å². The average Bonchev–Trinajstić information content (AvgIpc) is 2.90. The molecule has 1 heterocycles. The number of halogens is 1. The highest BCUT2D eigenvalue weighted by molar-refractivity contribution is 7.16. The molecular formula is C16H19ClN2OS. The minimum absolute atomic E-state index is 0.119. The zero-order valence-corrected chi connectivity index (χ0v) is 13.8. The second kappa shape index (κ2) is 7.48. The highest BCUT2D eigenvalue weighted by Gasteiger charge is 2.15. The molecule has 0 atom stereocenters. The second-order valence-electron chi connectivity index (χ2n) is 4.81. The molecule has 1 aromatic heterocycles. The lowest BCUT2D eigenvalue weighted by Crippen LogP contribution is -2.38. The van der Waals surface area contributed by atoms with E-state index in [9.17, 15) is 4.79 Å². The third kappa shape index (κ3) is 4.48. The van der Waals surface area contributed by atoms with Crippen LogP contribution in [0.3, 0.4) is 0 Å². The first-order valence-electron chi connectivity index (χ1n) is 6.88. The van der Waals surface area contributed by atoms with Crippen molar-refractivity contribution in [3.63, 3.8) is 0 Å². The normalized spacial score (nSPS) is 10.4. The van der Waals surface area contributed by atoms with Crippen LogP contribution in [0.4, 0.5) is 5.69 Å². The van der Waals surface area contributed by atoms with Crippen LogP contribution in [0.15, 0.2) is 42.5 Å². The van der Waals surface area contributed by atoms with Crippen molar-refractivity contribution in [3.8, 4) is 0 Å². The van der Waals surface area contributed by atoms with Crippen LogP contribution in [0.25, 0.3) is 0 Å². The Kier molecular flexibility index (Phi) is 5.65. The molecule has 2 aromatic rings. The summed E-state index contributed by atoms with van der Waals surface area (Å²) in [7, 11) is 1.93. The fraction of sp³-hybridized carbons (Fsp3) is 0.312. The van der Waals surface area contributed by atoms with Gasteiger partial charge in [0.25, 0.3) is 0 Å². The number of amides is 1. The SMILES string of the molecule is CCN(Cc1ccc(Cl)s1)C(=O)CN(C)c1ccccc1. The Labute approximate surface area is 134 Å². The van der Waals surface area contributed by atoms with Gasteiger partial charge in [-0.05, 0) is 31.2 Å². The Hall–Kier alpha value is -1.52. The highest BCUT2D eigenvalue weighted by atomic mass is 35.5. The van der Waals surface area contributed by atoms with E-state index in [-0.39, 0.29) is 5.91 Å². The number of anilines is 1. The molecule has 1 amide bonds. The van der Waals surface area contributed by atoms with E-state index in [1.54, 1.807) is 0 Å². The fourth-order valence-electron chi connectivity index (χ4n) is 2.08. The minimum atomic E-state index is 0.119. The van der Waals surface area contributed by atoms with Crippen molar-refractivity contribution in [1.82, 2.24) is 4.90 Å². The van der Waals surface area contributed by atoms with Gasteiger partial charge in [-0.3, -0.25) is 4.79 Å². The van der Waals surface area contributed by atoms with E-state index in [1.807, 2.05) is 66.2 Å². The summed E-state index contributed by atoms with van der Waals surface area (Å²) in [5.41, 5.74) is 1.04. The van der Waals surface area contributed by atoms with Crippen molar-refractivity contribution < 1.29 is 4.79 Å². The van der Waals surface area contributed by atoms with E-state index in [4.69, 9.17) is 11.6 Å². The lowest BCUT2D eigenvalue weighted by molar-refractivity contribution is -0.130.